The zero-order valence-electron chi connectivity index (χ0n) is 8.94. The van der Waals surface area contributed by atoms with Crippen LogP contribution in [0.4, 0.5) is 0 Å². The topological polar surface area (TPSA) is 58.1 Å². The Bertz CT molecular complexity index is 501. The molecule has 2 aromatic rings. The van der Waals surface area contributed by atoms with Crippen LogP contribution in [-0.4, -0.2) is 28.3 Å². The third kappa shape index (κ3) is 1.65. The fourth-order valence-electron chi connectivity index (χ4n) is 2.18. The van der Waals surface area contributed by atoms with Crippen molar-refractivity contribution in [2.45, 2.75) is 18.8 Å². The highest BCUT2D eigenvalue weighted by atomic mass is 16.5. The van der Waals surface area contributed by atoms with Crippen LogP contribution in [0.25, 0.3) is 11.0 Å². The predicted octanol–water partition coefficient (Wildman–Crippen LogP) is 2.16. The van der Waals surface area contributed by atoms with E-state index in [9.17, 15) is 5.11 Å². The summed E-state index contributed by atoms with van der Waals surface area (Å²) in [5.41, 5.74) is 1.82. The number of aromatic amines is 1. The molecule has 0 radical (unpaired) electrons. The molecule has 0 aliphatic carbocycles. The summed E-state index contributed by atoms with van der Waals surface area (Å²) < 4.78 is 5.33. The van der Waals surface area contributed by atoms with Crippen molar-refractivity contribution in [3.8, 4) is 5.75 Å². The van der Waals surface area contributed by atoms with Gasteiger partial charge in [-0.25, -0.2) is 4.98 Å². The van der Waals surface area contributed by atoms with E-state index in [2.05, 4.69) is 9.97 Å². The molecule has 1 aliphatic heterocycles. The normalized spacial score (nSPS) is 18.0. The van der Waals surface area contributed by atoms with Crippen LogP contribution in [0.3, 0.4) is 0 Å². The molecule has 4 heteroatoms. The molecule has 1 saturated heterocycles. The zero-order valence-corrected chi connectivity index (χ0v) is 8.94. The third-order valence-electron chi connectivity index (χ3n) is 3.09. The van der Waals surface area contributed by atoms with E-state index in [4.69, 9.17) is 4.74 Å². The molecule has 1 aliphatic rings. The van der Waals surface area contributed by atoms with E-state index in [0.29, 0.717) is 5.92 Å². The van der Waals surface area contributed by atoms with Gasteiger partial charge in [0.15, 0.2) is 0 Å². The first kappa shape index (κ1) is 9.66. The highest BCUT2D eigenvalue weighted by molar-refractivity contribution is 5.76. The molecule has 0 bridgehead atoms. The maximum Gasteiger partial charge on any atom is 0.117 e. The Hall–Kier alpha value is -1.55. The van der Waals surface area contributed by atoms with Crippen molar-refractivity contribution in [3.05, 3.63) is 24.0 Å². The maximum absolute atomic E-state index is 9.38. The summed E-state index contributed by atoms with van der Waals surface area (Å²) in [7, 11) is 0. The van der Waals surface area contributed by atoms with Gasteiger partial charge in [0.05, 0.1) is 11.0 Å². The first-order chi connectivity index (χ1) is 7.83. The second kappa shape index (κ2) is 3.79. The van der Waals surface area contributed by atoms with Crippen LogP contribution in [0.1, 0.15) is 24.6 Å². The molecule has 0 saturated carbocycles. The maximum atomic E-state index is 9.38. The summed E-state index contributed by atoms with van der Waals surface area (Å²) in [5.74, 6) is 1.75. The number of hydrogen-bond acceptors (Lipinski definition) is 3. The third-order valence-corrected chi connectivity index (χ3v) is 3.09. The monoisotopic (exact) mass is 218 g/mol. The molecule has 0 unspecified atom stereocenters. The largest absolute Gasteiger partial charge is 0.508 e. The number of H-pyrrole nitrogens is 1. The second-order valence-electron chi connectivity index (χ2n) is 4.21. The van der Waals surface area contributed by atoms with Crippen LogP contribution < -0.4 is 0 Å². The van der Waals surface area contributed by atoms with E-state index < -0.39 is 0 Å². The molecule has 0 amide bonds. The molecule has 1 fully saturated rings. The molecule has 1 aromatic heterocycles. The fraction of sp³-hybridized carbons (Fsp3) is 0.417. The minimum Gasteiger partial charge on any atom is -0.508 e. The number of fused-ring (bicyclic) bond motifs is 1. The van der Waals surface area contributed by atoms with Gasteiger partial charge in [-0.3, -0.25) is 0 Å². The fourth-order valence-corrected chi connectivity index (χ4v) is 2.18. The SMILES string of the molecule is Oc1ccc2nc(C3CCOCC3)[nH]c2c1. The molecule has 0 atom stereocenters. The van der Waals surface area contributed by atoms with Crippen LogP contribution in [-0.2, 0) is 4.74 Å². The number of benzene rings is 1. The smallest absolute Gasteiger partial charge is 0.117 e. The number of aromatic nitrogens is 2. The van der Waals surface area contributed by atoms with E-state index in [-0.39, 0.29) is 5.75 Å². The first-order valence-electron chi connectivity index (χ1n) is 5.59. The Morgan fingerprint density at radius 2 is 2.12 bits per heavy atom. The molecule has 2 N–H and O–H groups in total. The number of rotatable bonds is 1. The molecule has 84 valence electrons. The lowest BCUT2D eigenvalue weighted by molar-refractivity contribution is 0.0838. The average Bonchev–Trinajstić information content (AvgIpc) is 2.73. The number of imidazole rings is 1. The summed E-state index contributed by atoms with van der Waals surface area (Å²) in [5, 5.41) is 9.38. The first-order valence-corrected chi connectivity index (χ1v) is 5.59. The summed E-state index contributed by atoms with van der Waals surface area (Å²) in [6.45, 7) is 1.62. The number of phenols is 1. The highest BCUT2D eigenvalue weighted by Crippen LogP contribution is 2.27. The predicted molar refractivity (Wildman–Crippen MR) is 60.6 cm³/mol. The number of phenolic OH excluding ortho intramolecular Hbond substituents is 1. The van der Waals surface area contributed by atoms with E-state index in [0.717, 1.165) is 42.9 Å². The van der Waals surface area contributed by atoms with Crippen molar-refractivity contribution < 1.29 is 9.84 Å². The zero-order chi connectivity index (χ0) is 11.0. The van der Waals surface area contributed by atoms with Gasteiger partial charge in [-0.05, 0) is 25.0 Å². The lowest BCUT2D eigenvalue weighted by Crippen LogP contribution is -2.15. The van der Waals surface area contributed by atoms with Gasteiger partial charge in [0, 0.05) is 25.2 Å². The standard InChI is InChI=1S/C12H14N2O2/c15-9-1-2-10-11(7-9)14-12(13-10)8-3-5-16-6-4-8/h1-2,7-8,15H,3-6H2,(H,13,14). The molecule has 3 rings (SSSR count). The molecule has 2 heterocycles. The number of hydrogen-bond donors (Lipinski definition) is 2. The van der Waals surface area contributed by atoms with Gasteiger partial charge in [-0.1, -0.05) is 0 Å². The Kier molecular flexibility index (Phi) is 2.29. The molecule has 4 nitrogen and oxygen atoms in total. The van der Waals surface area contributed by atoms with Crippen LogP contribution in [0.5, 0.6) is 5.75 Å². The number of aromatic hydroxyl groups is 1. The molecular formula is C12H14N2O2. The van der Waals surface area contributed by atoms with E-state index in [1.807, 2.05) is 6.07 Å². The minimum absolute atomic E-state index is 0.273. The van der Waals surface area contributed by atoms with Crippen LogP contribution in [0, 0.1) is 0 Å². The second-order valence-corrected chi connectivity index (χ2v) is 4.21. The highest BCUT2D eigenvalue weighted by Gasteiger charge is 2.19. The van der Waals surface area contributed by atoms with Crippen LogP contribution in [0.2, 0.25) is 0 Å². The van der Waals surface area contributed by atoms with Gasteiger partial charge in [-0.15, -0.1) is 0 Å². The average molecular weight is 218 g/mol. The van der Waals surface area contributed by atoms with E-state index in [1.165, 1.54) is 0 Å². The Balaban J connectivity index is 1.97. The van der Waals surface area contributed by atoms with E-state index in [1.54, 1.807) is 12.1 Å². The Morgan fingerprint density at radius 3 is 2.94 bits per heavy atom. The van der Waals surface area contributed by atoms with Gasteiger partial charge in [0.1, 0.15) is 11.6 Å². The van der Waals surface area contributed by atoms with Crippen molar-refractivity contribution in [2.75, 3.05) is 13.2 Å². The summed E-state index contributed by atoms with van der Waals surface area (Å²) in [6, 6.07) is 5.21. The van der Waals surface area contributed by atoms with Crippen LogP contribution >= 0.6 is 0 Å². The van der Waals surface area contributed by atoms with Crippen molar-refractivity contribution in [1.82, 2.24) is 9.97 Å². The van der Waals surface area contributed by atoms with Gasteiger partial charge in [0.25, 0.3) is 0 Å². The Morgan fingerprint density at radius 1 is 1.31 bits per heavy atom. The van der Waals surface area contributed by atoms with Crippen LogP contribution in [0.15, 0.2) is 18.2 Å². The lowest BCUT2D eigenvalue weighted by atomic mass is 10.00. The molecule has 16 heavy (non-hydrogen) atoms. The molecule has 1 aromatic carbocycles. The minimum atomic E-state index is 0.273. The quantitative estimate of drug-likeness (QED) is 0.771. The summed E-state index contributed by atoms with van der Waals surface area (Å²) >= 11 is 0. The Labute approximate surface area is 93.3 Å². The van der Waals surface area contributed by atoms with Crippen molar-refractivity contribution in [2.24, 2.45) is 0 Å². The van der Waals surface area contributed by atoms with Crippen molar-refractivity contribution in [1.29, 1.82) is 0 Å². The van der Waals surface area contributed by atoms with Crippen molar-refractivity contribution >= 4 is 11.0 Å². The summed E-state index contributed by atoms with van der Waals surface area (Å²) in [6.07, 6.45) is 2.04. The molecular weight excluding hydrogens is 204 g/mol. The van der Waals surface area contributed by atoms with Crippen molar-refractivity contribution in [3.63, 3.8) is 0 Å². The lowest BCUT2D eigenvalue weighted by Gasteiger charge is -2.19. The number of nitrogens with zero attached hydrogens (tertiary/aromatic N) is 1. The number of nitrogens with one attached hydrogen (secondary N) is 1. The summed E-state index contributed by atoms with van der Waals surface area (Å²) in [4.78, 5) is 7.83. The van der Waals surface area contributed by atoms with E-state index >= 15 is 0 Å². The van der Waals surface area contributed by atoms with Gasteiger partial charge in [0.2, 0.25) is 0 Å². The number of ether oxygens (including phenoxy) is 1. The molecule has 0 spiro atoms. The van der Waals surface area contributed by atoms with Gasteiger partial charge < -0.3 is 14.8 Å². The van der Waals surface area contributed by atoms with Gasteiger partial charge in [-0.2, -0.15) is 0 Å². The van der Waals surface area contributed by atoms with Gasteiger partial charge >= 0.3 is 0 Å².